The number of fused-ring (bicyclic) bond motifs is 1. The van der Waals surface area contributed by atoms with Crippen LogP contribution in [0.4, 0.5) is 0 Å². The minimum absolute atomic E-state index is 0.0914. The van der Waals surface area contributed by atoms with Crippen molar-refractivity contribution >= 4 is 21.6 Å². The molecule has 4 nitrogen and oxygen atoms in total. The Bertz CT molecular complexity index is 554. The summed E-state index contributed by atoms with van der Waals surface area (Å²) in [6.07, 6.45) is 4.01. The largest absolute Gasteiger partial charge is 0.312 e. The molecule has 0 saturated carbocycles. The normalized spacial score (nSPS) is 20.6. The summed E-state index contributed by atoms with van der Waals surface area (Å²) < 4.78 is 2.49. The molecule has 3 heterocycles. The van der Waals surface area contributed by atoms with Crippen LogP contribution in [0.3, 0.4) is 0 Å². The highest BCUT2D eigenvalue weighted by molar-refractivity contribution is 7.17. The Labute approximate surface area is 96.9 Å². The van der Waals surface area contributed by atoms with E-state index < -0.39 is 0 Å². The molecule has 1 atom stereocenters. The highest BCUT2D eigenvalue weighted by Crippen LogP contribution is 2.14. The van der Waals surface area contributed by atoms with Gasteiger partial charge in [-0.15, -0.1) is 11.3 Å². The van der Waals surface area contributed by atoms with E-state index in [9.17, 15) is 4.79 Å². The van der Waals surface area contributed by atoms with Crippen LogP contribution >= 0.6 is 11.3 Å². The zero-order valence-corrected chi connectivity index (χ0v) is 9.67. The number of aromatic nitrogens is 2. The van der Waals surface area contributed by atoms with Gasteiger partial charge in [0.1, 0.15) is 4.70 Å². The van der Waals surface area contributed by atoms with Crippen molar-refractivity contribution in [3.8, 4) is 0 Å². The van der Waals surface area contributed by atoms with Crippen molar-refractivity contribution in [2.24, 2.45) is 0 Å². The zero-order chi connectivity index (χ0) is 11.0. The molecule has 5 heteroatoms. The molecule has 1 N–H and O–H groups in total. The van der Waals surface area contributed by atoms with Crippen LogP contribution < -0.4 is 10.9 Å². The Morgan fingerprint density at radius 1 is 1.62 bits per heavy atom. The summed E-state index contributed by atoms with van der Waals surface area (Å²) in [6.45, 7) is 1.80. The van der Waals surface area contributed by atoms with E-state index in [0.717, 1.165) is 29.7 Å². The van der Waals surface area contributed by atoms with Crippen LogP contribution in [0.25, 0.3) is 10.2 Å². The van der Waals surface area contributed by atoms with Gasteiger partial charge in [-0.3, -0.25) is 9.36 Å². The highest BCUT2D eigenvalue weighted by atomic mass is 32.1. The molecule has 16 heavy (non-hydrogen) atoms. The number of hydrogen-bond acceptors (Lipinski definition) is 4. The summed E-state index contributed by atoms with van der Waals surface area (Å²) in [5.41, 5.74) is 0.902. The third-order valence-electron chi connectivity index (χ3n) is 3.02. The van der Waals surface area contributed by atoms with E-state index in [4.69, 9.17) is 0 Å². The maximum atomic E-state index is 12.1. The molecule has 2 aromatic rings. The van der Waals surface area contributed by atoms with Crippen molar-refractivity contribution in [1.82, 2.24) is 14.9 Å². The third-order valence-corrected chi connectivity index (χ3v) is 3.91. The molecule has 1 aliphatic rings. The van der Waals surface area contributed by atoms with Gasteiger partial charge in [0.05, 0.1) is 11.8 Å². The standard InChI is InChI=1S/C11H13N3OS/c15-11-10-9(3-5-16-10)13-7-14(11)6-8-2-1-4-12-8/h3,5,7-8,12H,1-2,4,6H2/t8-/m1/s1. The predicted molar refractivity (Wildman–Crippen MR) is 64.9 cm³/mol. The molecule has 1 fully saturated rings. The van der Waals surface area contributed by atoms with Crippen LogP contribution in [0, 0.1) is 0 Å². The molecule has 1 saturated heterocycles. The van der Waals surface area contributed by atoms with Gasteiger partial charge in [0, 0.05) is 12.6 Å². The number of hydrogen-bond donors (Lipinski definition) is 1. The first kappa shape index (κ1) is 9.99. The van der Waals surface area contributed by atoms with Crippen LogP contribution in [0.2, 0.25) is 0 Å². The Hall–Kier alpha value is -1.20. The van der Waals surface area contributed by atoms with E-state index in [2.05, 4.69) is 10.3 Å². The lowest BCUT2D eigenvalue weighted by molar-refractivity contribution is 0.497. The van der Waals surface area contributed by atoms with Gasteiger partial charge < -0.3 is 5.32 Å². The number of thiophene rings is 1. The Morgan fingerprint density at radius 2 is 2.56 bits per heavy atom. The average molecular weight is 235 g/mol. The van der Waals surface area contributed by atoms with Gasteiger partial charge in [-0.2, -0.15) is 0 Å². The van der Waals surface area contributed by atoms with E-state index in [-0.39, 0.29) is 5.56 Å². The molecule has 3 rings (SSSR count). The number of rotatable bonds is 2. The van der Waals surface area contributed by atoms with Crippen molar-refractivity contribution in [2.75, 3.05) is 6.54 Å². The smallest absolute Gasteiger partial charge is 0.271 e. The van der Waals surface area contributed by atoms with Gasteiger partial charge >= 0.3 is 0 Å². The first-order valence-electron chi connectivity index (χ1n) is 5.50. The summed E-state index contributed by atoms with van der Waals surface area (Å²) in [7, 11) is 0. The van der Waals surface area contributed by atoms with Crippen LogP contribution in [-0.4, -0.2) is 22.1 Å². The van der Waals surface area contributed by atoms with Crippen LogP contribution in [-0.2, 0) is 6.54 Å². The fraction of sp³-hybridized carbons (Fsp3) is 0.455. The lowest BCUT2D eigenvalue weighted by atomic mass is 10.2. The molecule has 0 bridgehead atoms. The summed E-state index contributed by atoms with van der Waals surface area (Å²) in [5, 5.41) is 5.30. The summed E-state index contributed by atoms with van der Waals surface area (Å²) in [6, 6.07) is 2.32. The fourth-order valence-electron chi connectivity index (χ4n) is 2.16. The van der Waals surface area contributed by atoms with Crippen molar-refractivity contribution in [3.63, 3.8) is 0 Å². The summed E-state index contributed by atoms with van der Waals surface area (Å²) in [5.74, 6) is 0. The van der Waals surface area contributed by atoms with Crippen LogP contribution in [0.1, 0.15) is 12.8 Å². The quantitative estimate of drug-likeness (QED) is 0.851. The van der Waals surface area contributed by atoms with Gasteiger partial charge in [0.15, 0.2) is 0 Å². The molecule has 0 spiro atoms. The first-order chi connectivity index (χ1) is 7.84. The van der Waals surface area contributed by atoms with E-state index in [1.54, 1.807) is 10.9 Å². The minimum atomic E-state index is 0.0914. The lowest BCUT2D eigenvalue weighted by Gasteiger charge is -2.11. The molecule has 0 amide bonds. The second-order valence-electron chi connectivity index (χ2n) is 4.13. The van der Waals surface area contributed by atoms with E-state index in [1.165, 1.54) is 17.8 Å². The van der Waals surface area contributed by atoms with Gasteiger partial charge in [-0.1, -0.05) is 0 Å². The molecule has 0 unspecified atom stereocenters. The minimum Gasteiger partial charge on any atom is -0.312 e. The maximum Gasteiger partial charge on any atom is 0.271 e. The number of nitrogens with one attached hydrogen (secondary N) is 1. The van der Waals surface area contributed by atoms with Gasteiger partial charge in [0.2, 0.25) is 0 Å². The van der Waals surface area contributed by atoms with Gasteiger partial charge in [-0.25, -0.2) is 4.98 Å². The van der Waals surface area contributed by atoms with Crippen LogP contribution in [0.15, 0.2) is 22.6 Å². The summed E-state index contributed by atoms with van der Waals surface area (Å²) >= 11 is 1.47. The topological polar surface area (TPSA) is 46.9 Å². The first-order valence-corrected chi connectivity index (χ1v) is 6.38. The molecular weight excluding hydrogens is 222 g/mol. The SMILES string of the molecule is O=c1c2sccc2ncn1C[C@H]1CCCN1. The Balaban J connectivity index is 1.96. The lowest BCUT2D eigenvalue weighted by Crippen LogP contribution is -2.32. The van der Waals surface area contributed by atoms with Gasteiger partial charge in [-0.05, 0) is 30.8 Å². The molecule has 0 aliphatic carbocycles. The van der Waals surface area contributed by atoms with Crippen LogP contribution in [0.5, 0.6) is 0 Å². The Morgan fingerprint density at radius 3 is 3.38 bits per heavy atom. The second kappa shape index (κ2) is 3.99. The van der Waals surface area contributed by atoms with Gasteiger partial charge in [0.25, 0.3) is 5.56 Å². The summed E-state index contributed by atoms with van der Waals surface area (Å²) in [4.78, 5) is 16.4. The predicted octanol–water partition coefficient (Wildman–Crippen LogP) is 1.21. The van der Waals surface area contributed by atoms with E-state index in [1.807, 2.05) is 11.4 Å². The second-order valence-corrected chi connectivity index (χ2v) is 5.05. The fourth-order valence-corrected chi connectivity index (χ4v) is 2.95. The molecule has 0 radical (unpaired) electrons. The molecule has 1 aliphatic heterocycles. The maximum absolute atomic E-state index is 12.1. The molecule has 84 valence electrons. The zero-order valence-electron chi connectivity index (χ0n) is 8.85. The van der Waals surface area contributed by atoms with Crippen molar-refractivity contribution in [2.45, 2.75) is 25.4 Å². The number of nitrogens with zero attached hydrogens (tertiary/aromatic N) is 2. The third kappa shape index (κ3) is 1.66. The molecular formula is C11H13N3OS. The van der Waals surface area contributed by atoms with Crippen molar-refractivity contribution in [1.29, 1.82) is 0 Å². The average Bonchev–Trinajstić information content (AvgIpc) is 2.93. The molecule has 0 aromatic carbocycles. The van der Waals surface area contributed by atoms with E-state index >= 15 is 0 Å². The monoisotopic (exact) mass is 235 g/mol. The van der Waals surface area contributed by atoms with Crippen molar-refractivity contribution in [3.05, 3.63) is 28.1 Å². The van der Waals surface area contributed by atoms with E-state index in [0.29, 0.717) is 6.04 Å². The Kier molecular flexibility index (Phi) is 2.49. The highest BCUT2D eigenvalue weighted by Gasteiger charge is 2.15. The van der Waals surface area contributed by atoms with Crippen molar-refractivity contribution < 1.29 is 0 Å². The molecule has 2 aromatic heterocycles.